The standard InChI is InChI=1S/C18H36O2.Ca.Cr.2H/c1-2-3-4-5-6-7-8-9-10-11-12-13-14-15-16-17-18(19)20;;;;/h2-17H2,1H3,(H,19,20);;;;/q;+2;;2*-1. The summed E-state index contributed by atoms with van der Waals surface area (Å²) in [4.78, 5) is 10.3. The molecule has 130 valence electrons. The Labute approximate surface area is 182 Å². The number of hydrogen-bond donors (Lipinski definition) is 1. The minimum atomic E-state index is -0.653. The summed E-state index contributed by atoms with van der Waals surface area (Å²) in [5.41, 5.74) is 0. The van der Waals surface area contributed by atoms with Crippen molar-refractivity contribution in [3.05, 3.63) is 0 Å². The molecular weight excluding hydrogens is 340 g/mol. The van der Waals surface area contributed by atoms with Gasteiger partial charge >= 0.3 is 43.7 Å². The van der Waals surface area contributed by atoms with Gasteiger partial charge in [-0.1, -0.05) is 96.8 Å². The zero-order valence-corrected chi connectivity index (χ0v) is 18.3. The number of carboxylic acids is 1. The van der Waals surface area contributed by atoms with Crippen molar-refractivity contribution in [1.82, 2.24) is 0 Å². The van der Waals surface area contributed by atoms with Crippen LogP contribution in [-0.4, -0.2) is 48.8 Å². The van der Waals surface area contributed by atoms with Gasteiger partial charge in [0.15, 0.2) is 0 Å². The molecule has 4 heteroatoms. The zero-order chi connectivity index (χ0) is 14.9. The molecule has 0 aliphatic carbocycles. The Balaban J connectivity index is -0.000000301. The van der Waals surface area contributed by atoms with Crippen LogP contribution >= 0.6 is 0 Å². The smallest absolute Gasteiger partial charge is 1.00 e. The Morgan fingerprint density at radius 3 is 1.23 bits per heavy atom. The number of carboxylic acid groups (broad SMARTS) is 1. The third-order valence-corrected chi connectivity index (χ3v) is 3.99. The van der Waals surface area contributed by atoms with Crippen molar-refractivity contribution in [1.29, 1.82) is 0 Å². The monoisotopic (exact) mass is 378 g/mol. The van der Waals surface area contributed by atoms with E-state index in [0.29, 0.717) is 6.42 Å². The van der Waals surface area contributed by atoms with Gasteiger partial charge in [0.2, 0.25) is 0 Å². The second kappa shape index (κ2) is 24.5. The van der Waals surface area contributed by atoms with Crippen LogP contribution in [-0.2, 0) is 22.2 Å². The molecule has 0 rings (SSSR count). The average molecular weight is 379 g/mol. The fourth-order valence-electron chi connectivity index (χ4n) is 2.65. The molecule has 0 aromatic carbocycles. The topological polar surface area (TPSA) is 37.3 Å². The van der Waals surface area contributed by atoms with Crippen LogP contribution in [0.15, 0.2) is 0 Å². The Bertz CT molecular complexity index is 223. The molecule has 0 aliphatic heterocycles. The van der Waals surface area contributed by atoms with Gasteiger partial charge in [0.25, 0.3) is 0 Å². The first-order valence-corrected chi connectivity index (χ1v) is 8.99. The van der Waals surface area contributed by atoms with E-state index in [9.17, 15) is 4.79 Å². The molecule has 0 fully saturated rings. The van der Waals surface area contributed by atoms with E-state index in [2.05, 4.69) is 6.92 Å². The van der Waals surface area contributed by atoms with Crippen molar-refractivity contribution in [3.8, 4) is 0 Å². The van der Waals surface area contributed by atoms with E-state index in [4.69, 9.17) is 5.11 Å². The Hall–Kier alpha value is 1.26. The van der Waals surface area contributed by atoms with Crippen LogP contribution in [0.3, 0.4) is 0 Å². The van der Waals surface area contributed by atoms with Crippen LogP contribution in [0.4, 0.5) is 0 Å². The maximum atomic E-state index is 10.3. The Morgan fingerprint density at radius 1 is 0.682 bits per heavy atom. The van der Waals surface area contributed by atoms with E-state index in [1.165, 1.54) is 83.5 Å². The average Bonchev–Trinajstić information content (AvgIpc) is 2.43. The third-order valence-electron chi connectivity index (χ3n) is 3.99. The fourth-order valence-corrected chi connectivity index (χ4v) is 2.65. The molecular formula is C18H38CaCrO2. The molecule has 0 saturated heterocycles. The van der Waals surface area contributed by atoms with E-state index in [0.717, 1.165) is 12.8 Å². The van der Waals surface area contributed by atoms with E-state index in [-0.39, 0.29) is 58.0 Å². The van der Waals surface area contributed by atoms with E-state index >= 15 is 0 Å². The molecule has 0 unspecified atom stereocenters. The van der Waals surface area contributed by atoms with Gasteiger partial charge in [0.05, 0.1) is 0 Å². The summed E-state index contributed by atoms with van der Waals surface area (Å²) in [7, 11) is 0. The molecule has 0 saturated carbocycles. The maximum absolute atomic E-state index is 10.3. The first-order chi connectivity index (χ1) is 9.77. The summed E-state index contributed by atoms with van der Waals surface area (Å²) >= 11 is 0. The quantitative estimate of drug-likeness (QED) is 0.257. The Morgan fingerprint density at radius 2 is 0.955 bits per heavy atom. The molecule has 0 aromatic heterocycles. The first-order valence-electron chi connectivity index (χ1n) is 8.99. The number of unbranched alkanes of at least 4 members (excludes halogenated alkanes) is 14. The fraction of sp³-hybridized carbons (Fsp3) is 0.944. The molecule has 0 atom stereocenters. The SMILES string of the molecule is CCCCCCCCCCCCCCCCCC(=O)O.[Ca+2].[Cr].[H-].[H-]. The van der Waals surface area contributed by atoms with E-state index in [1.54, 1.807) is 0 Å². The summed E-state index contributed by atoms with van der Waals surface area (Å²) < 4.78 is 0. The minimum absolute atomic E-state index is 0. The third kappa shape index (κ3) is 26.2. The van der Waals surface area contributed by atoms with Gasteiger partial charge in [-0.25, -0.2) is 0 Å². The van der Waals surface area contributed by atoms with E-state index < -0.39 is 5.97 Å². The molecule has 22 heavy (non-hydrogen) atoms. The van der Waals surface area contributed by atoms with Crippen LogP contribution in [0, 0.1) is 0 Å². The van der Waals surface area contributed by atoms with Crippen LogP contribution in [0.25, 0.3) is 0 Å². The normalized spacial score (nSPS) is 9.86. The molecule has 0 aliphatic rings. The predicted molar refractivity (Wildman–Crippen MR) is 95.2 cm³/mol. The Kier molecular flexibility index (Phi) is 31.3. The van der Waals surface area contributed by atoms with Gasteiger partial charge < -0.3 is 7.96 Å². The van der Waals surface area contributed by atoms with E-state index in [1.807, 2.05) is 0 Å². The van der Waals surface area contributed by atoms with Gasteiger partial charge in [-0.2, -0.15) is 0 Å². The van der Waals surface area contributed by atoms with Crippen LogP contribution in [0.2, 0.25) is 0 Å². The van der Waals surface area contributed by atoms with Gasteiger partial charge in [-0.3, -0.25) is 4.79 Å². The van der Waals surface area contributed by atoms with Crippen molar-refractivity contribution in [2.75, 3.05) is 0 Å². The van der Waals surface area contributed by atoms with Gasteiger partial charge in [0.1, 0.15) is 0 Å². The molecule has 0 spiro atoms. The summed E-state index contributed by atoms with van der Waals surface area (Å²) in [6.45, 7) is 2.27. The maximum Gasteiger partial charge on any atom is 2.00 e. The van der Waals surface area contributed by atoms with Crippen LogP contribution in [0.1, 0.15) is 113 Å². The second-order valence-electron chi connectivity index (χ2n) is 6.09. The molecule has 0 aromatic rings. The molecule has 0 radical (unpaired) electrons. The number of rotatable bonds is 16. The first kappa shape index (κ1) is 28.1. The minimum Gasteiger partial charge on any atom is -1.00 e. The number of hydrogen-bond acceptors (Lipinski definition) is 1. The van der Waals surface area contributed by atoms with Crippen molar-refractivity contribution in [2.45, 2.75) is 110 Å². The van der Waals surface area contributed by atoms with Crippen molar-refractivity contribution in [2.24, 2.45) is 0 Å². The van der Waals surface area contributed by atoms with Crippen molar-refractivity contribution in [3.63, 3.8) is 0 Å². The summed E-state index contributed by atoms with van der Waals surface area (Å²) in [5, 5.41) is 8.52. The zero-order valence-electron chi connectivity index (χ0n) is 16.8. The molecule has 0 bridgehead atoms. The molecule has 0 heterocycles. The number of aliphatic carboxylic acids is 1. The van der Waals surface area contributed by atoms with Crippen molar-refractivity contribution < 1.29 is 30.1 Å². The summed E-state index contributed by atoms with van der Waals surface area (Å²) in [6.07, 6.45) is 20.2. The second-order valence-corrected chi connectivity index (χ2v) is 6.09. The van der Waals surface area contributed by atoms with Crippen LogP contribution in [0.5, 0.6) is 0 Å². The molecule has 0 amide bonds. The van der Waals surface area contributed by atoms with Gasteiger partial charge in [-0.05, 0) is 6.42 Å². The van der Waals surface area contributed by atoms with Gasteiger partial charge in [0, 0.05) is 23.8 Å². The predicted octanol–water partition coefficient (Wildman–Crippen LogP) is 6.17. The van der Waals surface area contributed by atoms with Crippen molar-refractivity contribution >= 4 is 43.7 Å². The number of carbonyl (C=O) groups is 1. The molecule has 1 N–H and O–H groups in total. The van der Waals surface area contributed by atoms with Crippen LogP contribution < -0.4 is 0 Å². The molecule has 2 nitrogen and oxygen atoms in total. The summed E-state index contributed by atoms with van der Waals surface area (Å²) in [6, 6.07) is 0. The largest absolute Gasteiger partial charge is 2.00 e. The van der Waals surface area contributed by atoms with Gasteiger partial charge in [-0.15, -0.1) is 0 Å². The summed E-state index contributed by atoms with van der Waals surface area (Å²) in [5.74, 6) is -0.653.